The monoisotopic (exact) mass is 430 g/mol. The predicted molar refractivity (Wildman–Crippen MR) is 137 cm³/mol. The first-order valence-corrected chi connectivity index (χ1v) is 14.8. The molecule has 0 amide bonds. The minimum Gasteiger partial charge on any atom is -0.0810 e. The molecule has 0 aromatic rings. The summed E-state index contributed by atoms with van der Waals surface area (Å²) in [5.41, 5.74) is 11.4. The van der Waals surface area contributed by atoms with Crippen LogP contribution in [0.5, 0.6) is 0 Å². The summed E-state index contributed by atoms with van der Waals surface area (Å²) in [5, 5.41) is 0. The molecule has 0 aliphatic heterocycles. The zero-order valence-corrected chi connectivity index (χ0v) is 20.6. The van der Waals surface area contributed by atoms with Crippen LogP contribution in [0.1, 0.15) is 128 Å². The van der Waals surface area contributed by atoms with Crippen LogP contribution in [-0.4, -0.2) is 0 Å². The predicted octanol–water partition coefficient (Wildman–Crippen LogP) is 9.78. The van der Waals surface area contributed by atoms with E-state index in [4.69, 9.17) is 0 Å². The molecule has 0 spiro atoms. The second kappa shape index (κ2) is 9.68. The highest BCUT2D eigenvalue weighted by Gasteiger charge is 2.42. The summed E-state index contributed by atoms with van der Waals surface area (Å²) >= 11 is 0. The summed E-state index contributed by atoms with van der Waals surface area (Å²) in [4.78, 5) is 0. The van der Waals surface area contributed by atoms with E-state index in [1.807, 2.05) is 33.4 Å². The maximum atomic E-state index is 2.70. The van der Waals surface area contributed by atoms with Crippen molar-refractivity contribution in [2.24, 2.45) is 23.7 Å². The molecule has 174 valence electrons. The Hall–Kier alpha value is -1.04. The molecular formula is C32H46. The zero-order chi connectivity index (χ0) is 21.3. The van der Waals surface area contributed by atoms with Crippen LogP contribution in [0.4, 0.5) is 0 Å². The number of rotatable bonds is 5. The van der Waals surface area contributed by atoms with Crippen molar-refractivity contribution in [2.45, 2.75) is 128 Å². The fourth-order valence-electron chi connectivity index (χ4n) is 8.45. The van der Waals surface area contributed by atoms with Crippen LogP contribution in [0.2, 0.25) is 0 Å². The summed E-state index contributed by atoms with van der Waals surface area (Å²) in [6.07, 6.45) is 34.3. The van der Waals surface area contributed by atoms with E-state index in [9.17, 15) is 0 Å². The largest absolute Gasteiger partial charge is 0.0810 e. The molecule has 6 rings (SSSR count). The highest BCUT2D eigenvalue weighted by Crippen LogP contribution is 2.56. The molecule has 0 bridgehead atoms. The smallest absolute Gasteiger partial charge is 0.0122 e. The third-order valence-electron chi connectivity index (χ3n) is 10.3. The molecule has 3 saturated carbocycles. The first-order chi connectivity index (χ1) is 15.9. The summed E-state index contributed by atoms with van der Waals surface area (Å²) in [6.45, 7) is 0. The Morgan fingerprint density at radius 2 is 1.25 bits per heavy atom. The van der Waals surface area contributed by atoms with Crippen LogP contribution in [0.15, 0.2) is 45.6 Å². The van der Waals surface area contributed by atoms with Crippen molar-refractivity contribution in [3.05, 3.63) is 45.6 Å². The van der Waals surface area contributed by atoms with Crippen molar-refractivity contribution < 1.29 is 0 Å². The zero-order valence-electron chi connectivity index (χ0n) is 20.6. The molecule has 6 aliphatic carbocycles. The molecule has 0 heteroatoms. The van der Waals surface area contributed by atoms with E-state index in [1.54, 1.807) is 0 Å². The molecule has 3 fully saturated rings. The lowest BCUT2D eigenvalue weighted by atomic mass is 9.59. The Morgan fingerprint density at radius 1 is 0.562 bits per heavy atom. The summed E-state index contributed by atoms with van der Waals surface area (Å²) in [6, 6.07) is 0. The quantitative estimate of drug-likeness (QED) is 0.407. The normalized spacial score (nSPS) is 31.2. The van der Waals surface area contributed by atoms with Gasteiger partial charge in [-0.15, -0.1) is 0 Å². The molecule has 0 aromatic heterocycles. The Kier molecular flexibility index (Phi) is 6.50. The van der Waals surface area contributed by atoms with Gasteiger partial charge >= 0.3 is 0 Å². The molecule has 0 N–H and O–H groups in total. The van der Waals surface area contributed by atoms with Crippen LogP contribution in [0.25, 0.3) is 0 Å². The summed E-state index contributed by atoms with van der Waals surface area (Å²) in [7, 11) is 0. The maximum Gasteiger partial charge on any atom is -0.0122 e. The molecule has 0 heterocycles. The number of hydrogen-bond acceptors (Lipinski definition) is 0. The van der Waals surface area contributed by atoms with Crippen molar-refractivity contribution in [2.75, 3.05) is 0 Å². The second-order valence-electron chi connectivity index (χ2n) is 12.1. The van der Waals surface area contributed by atoms with Gasteiger partial charge < -0.3 is 0 Å². The standard InChI is InChI=1S/C32H46/c1-3-12-23(13-4-1)28-22-29(24-20-11-21-24)31(26-16-7-8-17-26)32(27-18-9-10-19-27)30(28)25-14-5-2-6-15-25/h12,18,24-26,29H,1-11,13-17,19-22H2. The van der Waals surface area contributed by atoms with Crippen LogP contribution in [0.3, 0.4) is 0 Å². The lowest BCUT2D eigenvalue weighted by molar-refractivity contribution is 0.215. The van der Waals surface area contributed by atoms with E-state index in [0.717, 1.165) is 23.7 Å². The molecule has 32 heavy (non-hydrogen) atoms. The van der Waals surface area contributed by atoms with Crippen molar-refractivity contribution in [1.29, 1.82) is 0 Å². The molecule has 6 aliphatic rings. The van der Waals surface area contributed by atoms with Gasteiger partial charge in [0.05, 0.1) is 0 Å². The second-order valence-corrected chi connectivity index (χ2v) is 12.1. The fourth-order valence-corrected chi connectivity index (χ4v) is 8.45. The van der Waals surface area contributed by atoms with E-state index < -0.39 is 0 Å². The van der Waals surface area contributed by atoms with Gasteiger partial charge in [0.25, 0.3) is 0 Å². The number of hydrogen-bond donors (Lipinski definition) is 0. The summed E-state index contributed by atoms with van der Waals surface area (Å²) < 4.78 is 0. The van der Waals surface area contributed by atoms with Crippen molar-refractivity contribution >= 4 is 0 Å². The maximum absolute atomic E-state index is 2.70. The van der Waals surface area contributed by atoms with Gasteiger partial charge in [-0.25, -0.2) is 0 Å². The third-order valence-corrected chi connectivity index (χ3v) is 10.3. The minimum atomic E-state index is 0.858. The van der Waals surface area contributed by atoms with E-state index in [0.29, 0.717) is 0 Å². The van der Waals surface area contributed by atoms with E-state index in [-0.39, 0.29) is 0 Å². The number of allylic oxidation sites excluding steroid dienone is 8. The topological polar surface area (TPSA) is 0 Å². The first kappa shape index (κ1) is 21.5. The highest BCUT2D eigenvalue weighted by atomic mass is 14.5. The molecule has 0 saturated heterocycles. The van der Waals surface area contributed by atoms with Gasteiger partial charge in [0.15, 0.2) is 0 Å². The van der Waals surface area contributed by atoms with Gasteiger partial charge in [0.2, 0.25) is 0 Å². The average molecular weight is 431 g/mol. The van der Waals surface area contributed by atoms with Crippen molar-refractivity contribution in [3.8, 4) is 0 Å². The van der Waals surface area contributed by atoms with Crippen LogP contribution >= 0.6 is 0 Å². The Balaban J connectivity index is 1.54. The Morgan fingerprint density at radius 3 is 1.91 bits per heavy atom. The lowest BCUT2D eigenvalue weighted by Crippen LogP contribution is -2.32. The molecule has 0 radical (unpaired) electrons. The Labute approximate surface area is 197 Å². The molecule has 0 aromatic carbocycles. The average Bonchev–Trinajstić information content (AvgIpc) is 3.53. The minimum absolute atomic E-state index is 0.858. The van der Waals surface area contributed by atoms with Crippen LogP contribution < -0.4 is 0 Å². The van der Waals surface area contributed by atoms with Gasteiger partial charge in [-0.1, -0.05) is 56.3 Å². The highest BCUT2D eigenvalue weighted by molar-refractivity contribution is 5.61. The third kappa shape index (κ3) is 4.03. The van der Waals surface area contributed by atoms with Gasteiger partial charge in [-0.2, -0.15) is 0 Å². The molecular weight excluding hydrogens is 384 g/mol. The van der Waals surface area contributed by atoms with Gasteiger partial charge in [0.1, 0.15) is 0 Å². The van der Waals surface area contributed by atoms with E-state index in [1.165, 1.54) is 128 Å². The van der Waals surface area contributed by atoms with E-state index in [2.05, 4.69) is 12.2 Å². The van der Waals surface area contributed by atoms with Crippen LogP contribution in [0, 0.1) is 23.7 Å². The van der Waals surface area contributed by atoms with Crippen molar-refractivity contribution in [1.82, 2.24) is 0 Å². The molecule has 1 atom stereocenters. The lowest BCUT2D eigenvalue weighted by Gasteiger charge is -2.45. The van der Waals surface area contributed by atoms with Crippen LogP contribution in [-0.2, 0) is 0 Å². The fraction of sp³-hybridized carbons (Fsp3) is 0.750. The Bertz CT molecular complexity index is 814. The molecule has 1 unspecified atom stereocenters. The van der Waals surface area contributed by atoms with Gasteiger partial charge in [-0.05, 0) is 141 Å². The molecule has 0 nitrogen and oxygen atoms in total. The SMILES string of the molecule is C1=C(C2=C(C3CCCCC3)C(C3=CCCC3)=C(C3CCCC3)C(C3CCC3)C2)CCCC1. The van der Waals surface area contributed by atoms with Gasteiger partial charge in [0, 0.05) is 0 Å². The first-order valence-electron chi connectivity index (χ1n) is 14.8. The summed E-state index contributed by atoms with van der Waals surface area (Å²) in [5.74, 6) is 3.65. The van der Waals surface area contributed by atoms with Gasteiger partial charge in [-0.3, -0.25) is 0 Å². The van der Waals surface area contributed by atoms with Crippen molar-refractivity contribution in [3.63, 3.8) is 0 Å². The van der Waals surface area contributed by atoms with E-state index >= 15 is 0 Å².